The second-order valence-corrected chi connectivity index (χ2v) is 7.41. The van der Waals surface area contributed by atoms with Gasteiger partial charge in [0.2, 0.25) is 0 Å². The fraction of sp³-hybridized carbons (Fsp3) is 0.111. The molecule has 10 heteroatoms. The highest BCUT2D eigenvalue weighted by molar-refractivity contribution is 9.11. The molecule has 0 spiro atoms. The van der Waals surface area contributed by atoms with Crippen LogP contribution in [0.1, 0.15) is 12.5 Å². The van der Waals surface area contributed by atoms with E-state index >= 15 is 0 Å². The quantitative estimate of drug-likeness (QED) is 0.223. The van der Waals surface area contributed by atoms with Crippen molar-refractivity contribution in [1.82, 2.24) is 0 Å². The van der Waals surface area contributed by atoms with Crippen LogP contribution in [-0.4, -0.2) is 17.4 Å². The lowest BCUT2D eigenvalue weighted by molar-refractivity contribution is -0.384. The SMILES string of the molecule is CCOc1c(Br)cc(/C=C(\C#N)C(=O)Nc2cc([N+](=O)[O-])ccc2Cl)cc1Br. The van der Waals surface area contributed by atoms with Gasteiger partial charge in [0.05, 0.1) is 31.2 Å². The van der Waals surface area contributed by atoms with Gasteiger partial charge in [-0.25, -0.2) is 0 Å². The van der Waals surface area contributed by atoms with Crippen molar-refractivity contribution in [3.63, 3.8) is 0 Å². The summed E-state index contributed by atoms with van der Waals surface area (Å²) in [7, 11) is 0. The number of rotatable bonds is 6. The average Bonchev–Trinajstić information content (AvgIpc) is 2.64. The van der Waals surface area contributed by atoms with E-state index in [0.29, 0.717) is 26.9 Å². The van der Waals surface area contributed by atoms with Crippen LogP contribution < -0.4 is 10.1 Å². The molecule has 0 saturated carbocycles. The molecule has 1 N–H and O–H groups in total. The highest BCUT2D eigenvalue weighted by Crippen LogP contribution is 2.35. The number of nitriles is 1. The third kappa shape index (κ3) is 5.32. The highest BCUT2D eigenvalue weighted by Gasteiger charge is 2.16. The minimum Gasteiger partial charge on any atom is -0.492 e. The predicted octanol–water partition coefficient (Wildman–Crippen LogP) is 5.72. The van der Waals surface area contributed by atoms with Crippen molar-refractivity contribution in [1.29, 1.82) is 5.26 Å². The molecule has 0 fully saturated rings. The summed E-state index contributed by atoms with van der Waals surface area (Å²) in [6.45, 7) is 2.33. The standard InChI is InChI=1S/C18H12Br2ClN3O4/c1-2-28-17-13(19)6-10(7-14(17)20)5-11(9-22)18(25)23-16-8-12(24(26)27)3-4-15(16)21/h3-8H,2H2,1H3,(H,23,25)/b11-5+. The van der Waals surface area contributed by atoms with E-state index in [1.54, 1.807) is 12.1 Å². The van der Waals surface area contributed by atoms with E-state index in [4.69, 9.17) is 16.3 Å². The Morgan fingerprint density at radius 2 is 2.00 bits per heavy atom. The van der Waals surface area contributed by atoms with Crippen molar-refractivity contribution in [3.05, 3.63) is 65.6 Å². The number of carbonyl (C=O) groups is 1. The van der Waals surface area contributed by atoms with Gasteiger partial charge in [0.1, 0.15) is 17.4 Å². The van der Waals surface area contributed by atoms with E-state index in [-0.39, 0.29) is 22.0 Å². The monoisotopic (exact) mass is 527 g/mol. The smallest absolute Gasteiger partial charge is 0.271 e. The van der Waals surface area contributed by atoms with E-state index in [1.165, 1.54) is 18.2 Å². The Balaban J connectivity index is 2.33. The number of amides is 1. The van der Waals surface area contributed by atoms with Crippen LogP contribution in [0.15, 0.2) is 44.9 Å². The molecular weight excluding hydrogens is 517 g/mol. The number of nitro groups is 1. The van der Waals surface area contributed by atoms with Crippen molar-refractivity contribution in [2.75, 3.05) is 11.9 Å². The Labute approximate surface area is 182 Å². The predicted molar refractivity (Wildman–Crippen MR) is 113 cm³/mol. The second-order valence-electron chi connectivity index (χ2n) is 5.29. The fourth-order valence-corrected chi connectivity index (χ4v) is 3.79. The molecule has 0 aliphatic carbocycles. The zero-order valence-corrected chi connectivity index (χ0v) is 18.3. The van der Waals surface area contributed by atoms with Crippen LogP contribution in [-0.2, 0) is 4.79 Å². The number of halogens is 3. The zero-order valence-electron chi connectivity index (χ0n) is 14.3. The van der Waals surface area contributed by atoms with Crippen molar-refractivity contribution in [2.24, 2.45) is 0 Å². The fourth-order valence-electron chi connectivity index (χ4n) is 2.17. The third-order valence-electron chi connectivity index (χ3n) is 3.39. The van der Waals surface area contributed by atoms with Gasteiger partial charge in [0.25, 0.3) is 11.6 Å². The molecular formula is C18H12Br2ClN3O4. The molecule has 0 aliphatic heterocycles. The second kappa shape index (κ2) is 9.68. The first-order valence-corrected chi connectivity index (χ1v) is 9.72. The van der Waals surface area contributed by atoms with Gasteiger partial charge in [-0.2, -0.15) is 5.26 Å². The van der Waals surface area contributed by atoms with Gasteiger partial charge in [-0.05, 0) is 68.6 Å². The van der Waals surface area contributed by atoms with Crippen LogP contribution in [0.2, 0.25) is 5.02 Å². The van der Waals surface area contributed by atoms with Gasteiger partial charge in [-0.1, -0.05) is 11.6 Å². The van der Waals surface area contributed by atoms with Crippen LogP contribution in [0.5, 0.6) is 5.75 Å². The molecule has 0 bridgehead atoms. The van der Waals surface area contributed by atoms with Crippen LogP contribution >= 0.6 is 43.5 Å². The lowest BCUT2D eigenvalue weighted by Crippen LogP contribution is -2.14. The summed E-state index contributed by atoms with van der Waals surface area (Å²) in [5.74, 6) is -0.142. The lowest BCUT2D eigenvalue weighted by atomic mass is 10.1. The van der Waals surface area contributed by atoms with Gasteiger partial charge in [-0.15, -0.1) is 0 Å². The van der Waals surface area contributed by atoms with E-state index < -0.39 is 10.8 Å². The minimum absolute atomic E-state index is 0.0380. The summed E-state index contributed by atoms with van der Waals surface area (Å²) in [4.78, 5) is 22.7. The van der Waals surface area contributed by atoms with Gasteiger partial charge >= 0.3 is 0 Å². The normalized spacial score (nSPS) is 10.9. The number of hydrogen-bond donors (Lipinski definition) is 1. The molecule has 7 nitrogen and oxygen atoms in total. The highest BCUT2D eigenvalue weighted by atomic mass is 79.9. The Morgan fingerprint density at radius 3 is 2.54 bits per heavy atom. The molecule has 0 aliphatic rings. The summed E-state index contributed by atoms with van der Waals surface area (Å²) >= 11 is 12.7. The topological polar surface area (TPSA) is 105 Å². The number of nitro benzene ring substituents is 1. The molecule has 1 amide bonds. The van der Waals surface area contributed by atoms with Crippen molar-refractivity contribution in [3.8, 4) is 11.8 Å². The molecule has 0 atom stereocenters. The van der Waals surface area contributed by atoms with Crippen LogP contribution in [0, 0.1) is 21.4 Å². The Hall–Kier alpha value is -2.41. The maximum atomic E-state index is 12.4. The molecule has 0 saturated heterocycles. The molecule has 0 aromatic heterocycles. The van der Waals surface area contributed by atoms with E-state index in [9.17, 15) is 20.2 Å². The number of carbonyl (C=O) groups excluding carboxylic acids is 1. The molecule has 2 aromatic rings. The molecule has 0 heterocycles. The summed E-state index contributed by atoms with van der Waals surface area (Å²) < 4.78 is 6.79. The number of nitrogens with zero attached hydrogens (tertiary/aromatic N) is 2. The van der Waals surface area contributed by atoms with Gasteiger partial charge in [-0.3, -0.25) is 14.9 Å². The Bertz CT molecular complexity index is 995. The third-order valence-corrected chi connectivity index (χ3v) is 4.90. The van der Waals surface area contributed by atoms with Crippen molar-refractivity contribution in [2.45, 2.75) is 6.92 Å². The first-order chi connectivity index (χ1) is 13.3. The van der Waals surface area contributed by atoms with Gasteiger partial charge in [0.15, 0.2) is 0 Å². The molecule has 28 heavy (non-hydrogen) atoms. The van der Waals surface area contributed by atoms with E-state index in [0.717, 1.165) is 6.07 Å². The maximum absolute atomic E-state index is 12.4. The summed E-state index contributed by atoms with van der Waals surface area (Å²) in [5, 5.41) is 22.8. The van der Waals surface area contributed by atoms with E-state index in [1.807, 2.05) is 13.0 Å². The molecule has 0 radical (unpaired) electrons. The molecule has 2 rings (SSSR count). The Kier molecular flexibility index (Phi) is 7.57. The summed E-state index contributed by atoms with van der Waals surface area (Å²) in [6.07, 6.45) is 1.38. The number of ether oxygens (including phenoxy) is 1. The first kappa shape index (κ1) is 21.9. The van der Waals surface area contributed by atoms with Gasteiger partial charge < -0.3 is 10.1 Å². The molecule has 144 valence electrons. The number of anilines is 1. The number of nitrogens with one attached hydrogen (secondary N) is 1. The zero-order chi connectivity index (χ0) is 20.8. The lowest BCUT2D eigenvalue weighted by Gasteiger charge is -2.10. The van der Waals surface area contributed by atoms with Crippen LogP contribution in [0.3, 0.4) is 0 Å². The van der Waals surface area contributed by atoms with Gasteiger partial charge in [0, 0.05) is 12.1 Å². The van der Waals surface area contributed by atoms with Crippen molar-refractivity contribution < 1.29 is 14.5 Å². The summed E-state index contributed by atoms with van der Waals surface area (Å²) in [5.41, 5.74) is 0.169. The minimum atomic E-state index is -0.744. The largest absolute Gasteiger partial charge is 0.492 e. The number of non-ortho nitro benzene ring substituents is 1. The van der Waals surface area contributed by atoms with Crippen LogP contribution in [0.25, 0.3) is 6.08 Å². The number of benzene rings is 2. The van der Waals surface area contributed by atoms with Crippen LogP contribution in [0.4, 0.5) is 11.4 Å². The Morgan fingerprint density at radius 1 is 1.36 bits per heavy atom. The van der Waals surface area contributed by atoms with E-state index in [2.05, 4.69) is 37.2 Å². The molecule has 0 unspecified atom stereocenters. The number of hydrogen-bond acceptors (Lipinski definition) is 5. The summed E-state index contributed by atoms with van der Waals surface area (Å²) in [6, 6.07) is 8.84. The first-order valence-electron chi connectivity index (χ1n) is 7.75. The molecule has 2 aromatic carbocycles. The average molecular weight is 530 g/mol. The maximum Gasteiger partial charge on any atom is 0.271 e. The van der Waals surface area contributed by atoms with Crippen molar-refractivity contribution >= 4 is 66.8 Å².